The summed E-state index contributed by atoms with van der Waals surface area (Å²) in [5.74, 6) is 0. The van der Waals surface area contributed by atoms with Crippen molar-refractivity contribution in [3.05, 3.63) is 18.2 Å². The van der Waals surface area contributed by atoms with E-state index in [0.717, 1.165) is 24.8 Å². The predicted octanol–water partition coefficient (Wildman–Crippen LogP) is -0.741. The minimum atomic E-state index is -3.44. The first kappa shape index (κ1) is 12.0. The average Bonchev–Trinajstić information content (AvgIpc) is 2.87. The number of nitrogens with two attached hydrogens (primary N) is 1. The second-order valence-electron chi connectivity index (χ2n) is 4.16. The summed E-state index contributed by atoms with van der Waals surface area (Å²) in [6, 6.07) is 5.10. The van der Waals surface area contributed by atoms with Crippen LogP contribution in [0, 0.1) is 0 Å². The van der Waals surface area contributed by atoms with Gasteiger partial charge >= 0.3 is 0 Å². The lowest BCUT2D eigenvalue weighted by molar-refractivity contribution is -0.661. The average molecular weight is 285 g/mol. The Balaban J connectivity index is 2.10. The number of hydrogen-bond acceptors (Lipinski definition) is 5. The van der Waals surface area contributed by atoms with Crippen molar-refractivity contribution >= 4 is 32.8 Å². The lowest BCUT2D eigenvalue weighted by Gasteiger charge is -2.24. The maximum atomic E-state index is 12.5. The lowest BCUT2D eigenvalue weighted by Crippen LogP contribution is -2.89. The first-order valence-electron chi connectivity index (χ1n) is 5.73. The molecule has 0 unspecified atom stereocenters. The normalized spacial score (nSPS) is 18.2. The fourth-order valence-electron chi connectivity index (χ4n) is 2.10. The highest BCUT2D eigenvalue weighted by atomic mass is 32.2. The molecule has 1 aliphatic heterocycles. The molecule has 0 atom stereocenters. The molecule has 8 heteroatoms. The van der Waals surface area contributed by atoms with E-state index in [9.17, 15) is 8.42 Å². The molecule has 2 N–H and O–H groups in total. The van der Waals surface area contributed by atoms with Gasteiger partial charge in [-0.15, -0.1) is 0 Å². The van der Waals surface area contributed by atoms with Crippen molar-refractivity contribution in [3.63, 3.8) is 0 Å². The van der Waals surface area contributed by atoms with Crippen molar-refractivity contribution in [2.45, 2.75) is 4.90 Å². The van der Waals surface area contributed by atoms with Gasteiger partial charge in [-0.2, -0.15) is 13.1 Å². The quantitative estimate of drug-likeness (QED) is 0.788. The number of sulfonamides is 1. The largest absolute Gasteiger partial charge is 0.344 e. The van der Waals surface area contributed by atoms with Crippen LogP contribution in [0.3, 0.4) is 0 Å². The number of nitrogens with zero attached hydrogens (tertiary/aromatic N) is 3. The van der Waals surface area contributed by atoms with Crippen molar-refractivity contribution in [3.8, 4) is 0 Å². The molecular formula is C10H13N4O2S2+. The Morgan fingerprint density at radius 1 is 1.22 bits per heavy atom. The molecule has 0 radical (unpaired) electrons. The molecular weight excluding hydrogens is 272 g/mol. The second-order valence-corrected chi connectivity index (χ2v) is 6.59. The summed E-state index contributed by atoms with van der Waals surface area (Å²) in [7, 11) is -3.44. The molecule has 1 aromatic carbocycles. The van der Waals surface area contributed by atoms with Gasteiger partial charge in [-0.05, 0) is 12.1 Å². The molecule has 3 rings (SSSR count). The van der Waals surface area contributed by atoms with Crippen LogP contribution in [0.15, 0.2) is 23.1 Å². The summed E-state index contributed by atoms with van der Waals surface area (Å²) in [4.78, 5) is 0.274. The number of hydrogen-bond donors (Lipinski definition) is 1. The molecule has 1 aliphatic rings. The topological polar surface area (TPSA) is 79.8 Å². The lowest BCUT2D eigenvalue weighted by atomic mass is 10.3. The maximum absolute atomic E-state index is 12.5. The predicted molar refractivity (Wildman–Crippen MR) is 67.8 cm³/mol. The van der Waals surface area contributed by atoms with Gasteiger partial charge in [0.05, 0.1) is 37.9 Å². The summed E-state index contributed by atoms with van der Waals surface area (Å²) in [6.07, 6.45) is 0. The van der Waals surface area contributed by atoms with Crippen LogP contribution >= 0.6 is 11.7 Å². The third kappa shape index (κ3) is 1.91. The van der Waals surface area contributed by atoms with E-state index in [2.05, 4.69) is 14.1 Å². The van der Waals surface area contributed by atoms with Crippen LogP contribution in [0.5, 0.6) is 0 Å². The Hall–Kier alpha value is -1.09. The van der Waals surface area contributed by atoms with Gasteiger partial charge in [0.15, 0.2) is 0 Å². The molecule has 1 saturated heterocycles. The monoisotopic (exact) mass is 285 g/mol. The minimum Gasteiger partial charge on any atom is -0.344 e. The molecule has 6 nitrogen and oxygen atoms in total. The van der Waals surface area contributed by atoms with E-state index >= 15 is 0 Å². The van der Waals surface area contributed by atoms with Gasteiger partial charge in [0.1, 0.15) is 15.9 Å². The first-order valence-corrected chi connectivity index (χ1v) is 7.90. The van der Waals surface area contributed by atoms with E-state index in [4.69, 9.17) is 0 Å². The summed E-state index contributed by atoms with van der Waals surface area (Å²) in [5, 5.41) is 2.12. The zero-order valence-electron chi connectivity index (χ0n) is 9.61. The number of piperazine rings is 1. The number of quaternary nitrogens is 1. The number of aromatic nitrogens is 2. The van der Waals surface area contributed by atoms with Crippen LogP contribution < -0.4 is 5.32 Å². The second kappa shape index (κ2) is 4.54. The maximum Gasteiger partial charge on any atom is 0.245 e. The van der Waals surface area contributed by atoms with Crippen molar-refractivity contribution < 1.29 is 13.7 Å². The van der Waals surface area contributed by atoms with Crippen molar-refractivity contribution in [1.29, 1.82) is 0 Å². The van der Waals surface area contributed by atoms with Crippen LogP contribution in [0.4, 0.5) is 0 Å². The fraction of sp³-hybridized carbons (Fsp3) is 0.400. The van der Waals surface area contributed by atoms with E-state index in [1.807, 2.05) is 0 Å². The molecule has 1 aromatic heterocycles. The molecule has 18 heavy (non-hydrogen) atoms. The van der Waals surface area contributed by atoms with Gasteiger partial charge < -0.3 is 5.32 Å². The highest BCUT2D eigenvalue weighted by Crippen LogP contribution is 2.24. The molecule has 0 spiro atoms. The van der Waals surface area contributed by atoms with Gasteiger partial charge in [-0.25, -0.2) is 8.42 Å². The molecule has 0 saturated carbocycles. The van der Waals surface area contributed by atoms with E-state index in [-0.39, 0.29) is 4.90 Å². The van der Waals surface area contributed by atoms with Gasteiger partial charge in [-0.1, -0.05) is 6.07 Å². The number of rotatable bonds is 2. The van der Waals surface area contributed by atoms with E-state index in [0.29, 0.717) is 24.1 Å². The standard InChI is InChI=1S/C10H12N4O2S2/c15-18(16,14-6-4-11-5-7-14)9-3-1-2-8-10(9)13-17-12-8/h1-3,11H,4-7H2/p+1. The van der Waals surface area contributed by atoms with Crippen LogP contribution in [-0.4, -0.2) is 47.6 Å². The van der Waals surface area contributed by atoms with Gasteiger partial charge in [0.25, 0.3) is 0 Å². The van der Waals surface area contributed by atoms with E-state index in [1.165, 1.54) is 4.31 Å². The number of benzene rings is 1. The highest BCUT2D eigenvalue weighted by molar-refractivity contribution is 7.89. The Labute approximate surface area is 109 Å². The SMILES string of the molecule is O=S(=O)(c1cccc2nsnc12)N1CC[NH2+]CC1. The fourth-order valence-corrected chi connectivity index (χ4v) is 4.32. The van der Waals surface area contributed by atoms with Crippen LogP contribution in [0.1, 0.15) is 0 Å². The van der Waals surface area contributed by atoms with Gasteiger partial charge in [0, 0.05) is 0 Å². The molecule has 2 heterocycles. The molecule has 0 aliphatic carbocycles. The third-order valence-electron chi connectivity index (χ3n) is 3.03. The Morgan fingerprint density at radius 2 is 2.00 bits per heavy atom. The van der Waals surface area contributed by atoms with Crippen molar-refractivity contribution in [1.82, 2.24) is 13.1 Å². The zero-order valence-corrected chi connectivity index (χ0v) is 11.2. The van der Waals surface area contributed by atoms with E-state index in [1.54, 1.807) is 18.2 Å². The Kier molecular flexibility index (Phi) is 3.02. The summed E-state index contributed by atoms with van der Waals surface area (Å²) in [6.45, 7) is 2.72. The number of fused-ring (bicyclic) bond motifs is 1. The molecule has 0 bridgehead atoms. The minimum absolute atomic E-state index is 0.274. The molecule has 0 amide bonds. The molecule has 2 aromatic rings. The van der Waals surface area contributed by atoms with Gasteiger partial charge in [0.2, 0.25) is 10.0 Å². The molecule has 1 fully saturated rings. The smallest absolute Gasteiger partial charge is 0.245 e. The van der Waals surface area contributed by atoms with Gasteiger partial charge in [-0.3, -0.25) is 0 Å². The molecule has 96 valence electrons. The van der Waals surface area contributed by atoms with Crippen molar-refractivity contribution in [2.24, 2.45) is 0 Å². The summed E-state index contributed by atoms with van der Waals surface area (Å²) < 4.78 is 34.8. The van der Waals surface area contributed by atoms with E-state index < -0.39 is 10.0 Å². The Bertz CT molecular complexity index is 661. The van der Waals surface area contributed by atoms with Crippen LogP contribution in [0.2, 0.25) is 0 Å². The highest BCUT2D eigenvalue weighted by Gasteiger charge is 2.29. The van der Waals surface area contributed by atoms with Crippen LogP contribution in [0.25, 0.3) is 11.0 Å². The van der Waals surface area contributed by atoms with Crippen LogP contribution in [-0.2, 0) is 10.0 Å². The third-order valence-corrected chi connectivity index (χ3v) is 5.50. The summed E-state index contributed by atoms with van der Waals surface area (Å²) >= 11 is 1.04. The Morgan fingerprint density at radius 3 is 2.78 bits per heavy atom. The first-order chi connectivity index (χ1) is 8.69. The summed E-state index contributed by atoms with van der Waals surface area (Å²) in [5.41, 5.74) is 1.13. The zero-order chi connectivity index (χ0) is 12.6. The van der Waals surface area contributed by atoms with Crippen molar-refractivity contribution in [2.75, 3.05) is 26.2 Å².